The average molecular weight is 345 g/mol. The standard InChI is InChI=1S/C15H25BrO2Si/c1-11-8-12(16)14(18-10-17-5)13(9-11)19(6,7)15(2,3)4/h8-9H,10H2,1-7H3. The van der Waals surface area contributed by atoms with Gasteiger partial charge in [0, 0.05) is 7.11 Å². The van der Waals surface area contributed by atoms with Crippen molar-refractivity contribution >= 4 is 29.2 Å². The molecule has 0 aliphatic carbocycles. The van der Waals surface area contributed by atoms with E-state index in [4.69, 9.17) is 9.47 Å². The lowest BCUT2D eigenvalue weighted by Crippen LogP contribution is -2.50. The summed E-state index contributed by atoms with van der Waals surface area (Å²) >= 11 is 3.63. The third-order valence-corrected chi connectivity index (χ3v) is 10.1. The van der Waals surface area contributed by atoms with Gasteiger partial charge in [-0.25, -0.2) is 0 Å². The number of rotatable bonds is 4. The van der Waals surface area contributed by atoms with Gasteiger partial charge in [-0.15, -0.1) is 0 Å². The molecule has 0 saturated heterocycles. The number of hydrogen-bond donors (Lipinski definition) is 0. The van der Waals surface area contributed by atoms with Gasteiger partial charge in [-0.2, -0.15) is 0 Å². The van der Waals surface area contributed by atoms with Gasteiger partial charge in [-0.3, -0.25) is 0 Å². The van der Waals surface area contributed by atoms with Crippen LogP contribution in [0.5, 0.6) is 5.75 Å². The molecule has 1 aromatic rings. The molecule has 0 atom stereocenters. The van der Waals surface area contributed by atoms with E-state index in [1.165, 1.54) is 10.8 Å². The first kappa shape index (κ1) is 16.7. The Kier molecular flexibility index (Phi) is 5.26. The van der Waals surface area contributed by atoms with Gasteiger partial charge in [-0.05, 0) is 44.7 Å². The number of ether oxygens (including phenoxy) is 2. The Bertz CT molecular complexity index is 450. The van der Waals surface area contributed by atoms with Crippen molar-refractivity contribution in [3.63, 3.8) is 0 Å². The number of hydrogen-bond acceptors (Lipinski definition) is 2. The lowest BCUT2D eigenvalue weighted by Gasteiger charge is -2.38. The van der Waals surface area contributed by atoms with Crippen molar-refractivity contribution in [3.8, 4) is 5.75 Å². The monoisotopic (exact) mass is 344 g/mol. The summed E-state index contributed by atoms with van der Waals surface area (Å²) in [5, 5.41) is 1.62. The van der Waals surface area contributed by atoms with E-state index < -0.39 is 8.07 Å². The van der Waals surface area contributed by atoms with Crippen LogP contribution in [0.1, 0.15) is 26.3 Å². The largest absolute Gasteiger partial charge is 0.467 e. The molecule has 0 fully saturated rings. The predicted octanol–water partition coefficient (Wildman–Crippen LogP) is 4.46. The Labute approximate surface area is 126 Å². The summed E-state index contributed by atoms with van der Waals surface area (Å²) in [4.78, 5) is 0. The van der Waals surface area contributed by atoms with Gasteiger partial charge >= 0.3 is 0 Å². The molecule has 0 spiro atoms. The molecule has 4 heteroatoms. The van der Waals surface area contributed by atoms with Crippen LogP contribution in [0.15, 0.2) is 16.6 Å². The minimum atomic E-state index is -1.65. The maximum absolute atomic E-state index is 5.82. The highest BCUT2D eigenvalue weighted by atomic mass is 79.9. The molecule has 0 radical (unpaired) electrons. The quantitative estimate of drug-likeness (QED) is 0.593. The van der Waals surface area contributed by atoms with Crippen LogP contribution in [0.2, 0.25) is 18.1 Å². The first-order chi connectivity index (χ1) is 8.61. The molecule has 1 rings (SSSR count). The molecule has 0 unspecified atom stereocenters. The fourth-order valence-electron chi connectivity index (χ4n) is 1.86. The molecule has 0 aromatic heterocycles. The summed E-state index contributed by atoms with van der Waals surface area (Å²) in [5.41, 5.74) is 1.26. The van der Waals surface area contributed by atoms with Crippen LogP contribution in [0.3, 0.4) is 0 Å². The molecule has 0 heterocycles. The van der Waals surface area contributed by atoms with E-state index in [9.17, 15) is 0 Å². The first-order valence-electron chi connectivity index (χ1n) is 6.53. The van der Waals surface area contributed by atoms with Crippen molar-refractivity contribution in [1.82, 2.24) is 0 Å². The topological polar surface area (TPSA) is 18.5 Å². The van der Waals surface area contributed by atoms with Crippen LogP contribution < -0.4 is 9.92 Å². The molecule has 0 aliphatic heterocycles. The van der Waals surface area contributed by atoms with E-state index in [-0.39, 0.29) is 11.8 Å². The highest BCUT2D eigenvalue weighted by Crippen LogP contribution is 2.39. The fourth-order valence-corrected chi connectivity index (χ4v) is 4.90. The molecule has 2 nitrogen and oxygen atoms in total. The molecule has 0 aliphatic rings. The highest BCUT2D eigenvalue weighted by Gasteiger charge is 2.39. The van der Waals surface area contributed by atoms with Crippen LogP contribution in [-0.2, 0) is 4.74 Å². The van der Waals surface area contributed by atoms with Crippen LogP contribution in [0.4, 0.5) is 0 Å². The zero-order valence-corrected chi connectivity index (χ0v) is 15.6. The van der Waals surface area contributed by atoms with E-state index >= 15 is 0 Å². The van der Waals surface area contributed by atoms with E-state index in [0.29, 0.717) is 0 Å². The average Bonchev–Trinajstić information content (AvgIpc) is 2.25. The van der Waals surface area contributed by atoms with E-state index in [0.717, 1.165) is 10.2 Å². The van der Waals surface area contributed by atoms with Crippen molar-refractivity contribution in [2.45, 2.75) is 45.8 Å². The van der Waals surface area contributed by atoms with E-state index in [1.807, 2.05) is 0 Å². The summed E-state index contributed by atoms with van der Waals surface area (Å²) in [6.07, 6.45) is 0. The van der Waals surface area contributed by atoms with Crippen molar-refractivity contribution in [2.24, 2.45) is 0 Å². The third kappa shape index (κ3) is 3.61. The summed E-state index contributed by atoms with van der Waals surface area (Å²) in [5.74, 6) is 0.944. The summed E-state index contributed by atoms with van der Waals surface area (Å²) in [6, 6.07) is 4.37. The van der Waals surface area contributed by atoms with Crippen molar-refractivity contribution in [2.75, 3.05) is 13.9 Å². The molecule has 1 aromatic carbocycles. The fraction of sp³-hybridized carbons (Fsp3) is 0.600. The number of methoxy groups -OCH3 is 1. The summed E-state index contributed by atoms with van der Waals surface area (Å²) < 4.78 is 11.9. The Morgan fingerprint density at radius 3 is 2.26 bits per heavy atom. The van der Waals surface area contributed by atoms with Gasteiger partial charge in [0.2, 0.25) is 0 Å². The number of halogens is 1. The smallest absolute Gasteiger partial charge is 0.188 e. The van der Waals surface area contributed by atoms with Gasteiger partial charge in [0.25, 0.3) is 0 Å². The van der Waals surface area contributed by atoms with Crippen LogP contribution in [0, 0.1) is 6.92 Å². The van der Waals surface area contributed by atoms with Gasteiger partial charge in [0.1, 0.15) is 5.75 Å². The molecule has 19 heavy (non-hydrogen) atoms. The normalized spacial score (nSPS) is 12.6. The Balaban J connectivity index is 3.40. The second-order valence-corrected chi connectivity index (χ2v) is 12.7. The second kappa shape index (κ2) is 5.98. The molecular formula is C15H25BrO2Si. The molecule has 0 amide bonds. The van der Waals surface area contributed by atoms with E-state index in [2.05, 4.69) is 68.9 Å². The predicted molar refractivity (Wildman–Crippen MR) is 88.2 cm³/mol. The van der Waals surface area contributed by atoms with Gasteiger partial charge in [-0.1, -0.05) is 39.9 Å². The Morgan fingerprint density at radius 1 is 1.21 bits per heavy atom. The Morgan fingerprint density at radius 2 is 1.79 bits per heavy atom. The highest BCUT2D eigenvalue weighted by molar-refractivity contribution is 9.10. The van der Waals surface area contributed by atoms with Crippen molar-refractivity contribution in [3.05, 3.63) is 22.2 Å². The third-order valence-electron chi connectivity index (χ3n) is 4.06. The zero-order valence-electron chi connectivity index (χ0n) is 13.1. The minimum absolute atomic E-state index is 0.269. The maximum Gasteiger partial charge on any atom is 0.188 e. The summed E-state index contributed by atoms with van der Waals surface area (Å²) in [7, 11) is -0.00197. The minimum Gasteiger partial charge on any atom is -0.467 e. The maximum atomic E-state index is 5.82. The van der Waals surface area contributed by atoms with Gasteiger partial charge in [0.15, 0.2) is 6.79 Å². The molecule has 108 valence electrons. The second-order valence-electron chi connectivity index (χ2n) is 6.55. The Hall–Kier alpha value is -0.323. The summed E-state index contributed by atoms with van der Waals surface area (Å²) in [6.45, 7) is 14.1. The zero-order chi connectivity index (χ0) is 14.8. The van der Waals surface area contributed by atoms with Gasteiger partial charge < -0.3 is 9.47 Å². The van der Waals surface area contributed by atoms with Crippen molar-refractivity contribution < 1.29 is 9.47 Å². The molecule has 0 bridgehead atoms. The van der Waals surface area contributed by atoms with Crippen molar-refractivity contribution in [1.29, 1.82) is 0 Å². The SMILES string of the molecule is COCOc1c(Br)cc(C)cc1[Si](C)(C)C(C)(C)C. The van der Waals surface area contributed by atoms with Crippen LogP contribution in [-0.4, -0.2) is 22.0 Å². The van der Waals surface area contributed by atoms with E-state index in [1.54, 1.807) is 7.11 Å². The molecular weight excluding hydrogens is 320 g/mol. The number of benzene rings is 1. The lowest BCUT2D eigenvalue weighted by atomic mass is 10.2. The molecule has 0 N–H and O–H groups in total. The van der Waals surface area contributed by atoms with Crippen LogP contribution in [0.25, 0.3) is 0 Å². The lowest BCUT2D eigenvalue weighted by molar-refractivity contribution is 0.0512. The van der Waals surface area contributed by atoms with Crippen LogP contribution >= 0.6 is 15.9 Å². The van der Waals surface area contributed by atoms with Gasteiger partial charge in [0.05, 0.1) is 12.5 Å². The first-order valence-corrected chi connectivity index (χ1v) is 10.3. The molecule has 0 saturated carbocycles. The number of aryl methyl sites for hydroxylation is 1.